The van der Waals surface area contributed by atoms with Crippen molar-refractivity contribution in [3.05, 3.63) is 24.3 Å². The van der Waals surface area contributed by atoms with Gasteiger partial charge in [-0.15, -0.1) is 0 Å². The fraction of sp³-hybridized carbons (Fsp3) is 0.400. The largest absolute Gasteiger partial charge is 0.508 e. The minimum atomic E-state index is 0.0278. The van der Waals surface area contributed by atoms with Crippen LogP contribution in [0, 0.1) is 0 Å². The van der Waals surface area contributed by atoms with Crippen LogP contribution < -0.4 is 0 Å². The molecule has 0 aliphatic rings. The molecule has 5 nitrogen and oxygen atoms in total. The predicted octanol–water partition coefficient (Wildman–Crippen LogP) is 0.0854. The quantitative estimate of drug-likeness (QED) is 0.535. The summed E-state index contributed by atoms with van der Waals surface area (Å²) in [7, 11) is 0. The maximum absolute atomic E-state index is 8.65. The molecule has 0 aromatic heterocycles. The lowest BCUT2D eigenvalue weighted by Gasteiger charge is -1.94. The van der Waals surface area contributed by atoms with Gasteiger partial charge in [-0.05, 0) is 12.1 Å². The van der Waals surface area contributed by atoms with E-state index in [2.05, 4.69) is 4.74 Å². The Balaban J connectivity index is 0.000000265. The van der Waals surface area contributed by atoms with Crippen molar-refractivity contribution >= 4 is 0 Å². The number of benzene rings is 1. The number of ether oxygens (including phenoxy) is 1. The van der Waals surface area contributed by atoms with Gasteiger partial charge >= 0.3 is 0 Å². The second-order valence-corrected chi connectivity index (χ2v) is 2.58. The van der Waals surface area contributed by atoms with E-state index in [-0.39, 0.29) is 24.7 Å². The summed E-state index contributed by atoms with van der Waals surface area (Å²) in [5.41, 5.74) is 0. The van der Waals surface area contributed by atoms with Crippen LogP contribution >= 0.6 is 0 Å². The molecule has 1 aromatic rings. The van der Waals surface area contributed by atoms with Crippen LogP contribution in [0.1, 0.15) is 0 Å². The summed E-state index contributed by atoms with van der Waals surface area (Å²) in [5, 5.41) is 33.5. The number of aromatic hydroxyl groups is 2. The van der Waals surface area contributed by atoms with Crippen LogP contribution in [0.4, 0.5) is 0 Å². The number of aliphatic hydroxyl groups is 2. The summed E-state index contributed by atoms with van der Waals surface area (Å²) in [4.78, 5) is 0. The van der Waals surface area contributed by atoms with Crippen LogP contribution in [0.25, 0.3) is 0 Å². The van der Waals surface area contributed by atoms with Gasteiger partial charge in [-0.3, -0.25) is 0 Å². The van der Waals surface area contributed by atoms with Crippen molar-refractivity contribution in [2.24, 2.45) is 0 Å². The van der Waals surface area contributed by atoms with E-state index < -0.39 is 0 Å². The lowest BCUT2D eigenvalue weighted by Crippen LogP contribution is -2.03. The van der Waals surface area contributed by atoms with Gasteiger partial charge in [-0.1, -0.05) is 6.07 Å². The third kappa shape index (κ3) is 9.01. The Kier molecular flexibility index (Phi) is 8.46. The summed E-state index contributed by atoms with van der Waals surface area (Å²) in [6.45, 7) is 0.696. The van der Waals surface area contributed by atoms with Crippen molar-refractivity contribution in [1.29, 1.82) is 0 Å². The average molecular weight is 216 g/mol. The molecule has 1 rings (SSSR count). The molecule has 0 heterocycles. The van der Waals surface area contributed by atoms with Gasteiger partial charge in [-0.2, -0.15) is 0 Å². The molecule has 86 valence electrons. The summed E-state index contributed by atoms with van der Waals surface area (Å²) in [5.74, 6) is 0.176. The number of hydrogen-bond donors (Lipinski definition) is 4. The molecule has 1 aromatic carbocycles. The molecule has 15 heavy (non-hydrogen) atoms. The van der Waals surface area contributed by atoms with E-state index in [1.54, 1.807) is 6.07 Å². The standard InChI is InChI=1S/C6H6O2.C4H10O3/c7-5-2-1-3-6(8)4-5;5-1-3-7-4-2-6/h1-4,7-8H;5-6H,1-4H2. The van der Waals surface area contributed by atoms with Gasteiger partial charge < -0.3 is 25.2 Å². The second-order valence-electron chi connectivity index (χ2n) is 2.58. The highest BCUT2D eigenvalue weighted by Crippen LogP contribution is 2.14. The molecule has 0 atom stereocenters. The molecule has 0 radical (unpaired) electrons. The highest BCUT2D eigenvalue weighted by Gasteiger charge is 1.85. The summed E-state index contributed by atoms with van der Waals surface area (Å²) in [6.07, 6.45) is 0. The van der Waals surface area contributed by atoms with Gasteiger partial charge in [0.25, 0.3) is 0 Å². The van der Waals surface area contributed by atoms with Crippen molar-refractivity contribution < 1.29 is 25.2 Å². The van der Waals surface area contributed by atoms with E-state index >= 15 is 0 Å². The topological polar surface area (TPSA) is 90.2 Å². The second kappa shape index (κ2) is 9.26. The molecule has 0 unspecified atom stereocenters. The fourth-order valence-corrected chi connectivity index (χ4v) is 0.724. The first-order chi connectivity index (χ1) is 7.20. The fourth-order valence-electron chi connectivity index (χ4n) is 0.724. The Hall–Kier alpha value is -1.30. The molecular weight excluding hydrogens is 200 g/mol. The van der Waals surface area contributed by atoms with Gasteiger partial charge in [0.1, 0.15) is 11.5 Å². The highest BCUT2D eigenvalue weighted by molar-refractivity contribution is 5.30. The van der Waals surface area contributed by atoms with E-state index in [1.807, 2.05) is 0 Å². The number of phenols is 2. The third-order valence-electron chi connectivity index (χ3n) is 1.30. The van der Waals surface area contributed by atoms with Crippen molar-refractivity contribution in [2.45, 2.75) is 0 Å². The van der Waals surface area contributed by atoms with E-state index in [0.717, 1.165) is 0 Å². The number of hydrogen-bond acceptors (Lipinski definition) is 5. The number of rotatable bonds is 4. The lowest BCUT2D eigenvalue weighted by atomic mass is 10.3. The first-order valence-electron chi connectivity index (χ1n) is 4.48. The van der Waals surface area contributed by atoms with Gasteiger partial charge in [0, 0.05) is 6.07 Å². The molecule has 0 saturated carbocycles. The molecule has 0 aliphatic heterocycles. The molecule has 0 aliphatic carbocycles. The normalized spacial score (nSPS) is 9.20. The zero-order chi connectivity index (χ0) is 11.5. The smallest absolute Gasteiger partial charge is 0.119 e. The Bertz CT molecular complexity index is 230. The Morgan fingerprint density at radius 2 is 1.40 bits per heavy atom. The van der Waals surface area contributed by atoms with Crippen LogP contribution in [0.3, 0.4) is 0 Å². The molecule has 0 bridgehead atoms. The van der Waals surface area contributed by atoms with Gasteiger partial charge in [0.2, 0.25) is 0 Å². The third-order valence-corrected chi connectivity index (χ3v) is 1.30. The minimum Gasteiger partial charge on any atom is -0.508 e. The SMILES string of the molecule is OCCOCCO.Oc1cccc(O)c1. The van der Waals surface area contributed by atoms with Crippen molar-refractivity contribution in [1.82, 2.24) is 0 Å². The number of phenolic OH excluding ortho intramolecular Hbond substituents is 2. The van der Waals surface area contributed by atoms with Crippen LogP contribution in [-0.4, -0.2) is 46.9 Å². The summed E-state index contributed by atoms with van der Waals surface area (Å²) in [6, 6.07) is 5.85. The molecular formula is C10H16O5. The first kappa shape index (κ1) is 13.7. The Labute approximate surface area is 88.2 Å². The van der Waals surface area contributed by atoms with Gasteiger partial charge in [0.15, 0.2) is 0 Å². The van der Waals surface area contributed by atoms with Crippen LogP contribution in [0.2, 0.25) is 0 Å². The van der Waals surface area contributed by atoms with Crippen molar-refractivity contribution in [3.8, 4) is 11.5 Å². The molecule has 4 N–H and O–H groups in total. The monoisotopic (exact) mass is 216 g/mol. The van der Waals surface area contributed by atoms with Crippen LogP contribution in [-0.2, 0) is 4.74 Å². The average Bonchev–Trinajstić information content (AvgIpc) is 2.19. The Morgan fingerprint density at radius 3 is 1.67 bits per heavy atom. The van der Waals surface area contributed by atoms with Gasteiger partial charge in [-0.25, -0.2) is 0 Å². The molecule has 0 fully saturated rings. The van der Waals surface area contributed by atoms with Gasteiger partial charge in [0.05, 0.1) is 26.4 Å². The maximum atomic E-state index is 8.65. The van der Waals surface area contributed by atoms with E-state index in [1.165, 1.54) is 18.2 Å². The van der Waals surface area contributed by atoms with Crippen molar-refractivity contribution in [3.63, 3.8) is 0 Å². The number of aliphatic hydroxyl groups excluding tert-OH is 2. The van der Waals surface area contributed by atoms with E-state index in [9.17, 15) is 0 Å². The predicted molar refractivity (Wildman–Crippen MR) is 54.8 cm³/mol. The van der Waals surface area contributed by atoms with E-state index in [4.69, 9.17) is 20.4 Å². The lowest BCUT2D eigenvalue weighted by molar-refractivity contribution is 0.0650. The minimum absolute atomic E-state index is 0.0278. The summed E-state index contributed by atoms with van der Waals surface area (Å²) < 4.78 is 4.63. The highest BCUT2D eigenvalue weighted by atomic mass is 16.5. The molecule has 0 spiro atoms. The zero-order valence-corrected chi connectivity index (χ0v) is 8.33. The first-order valence-corrected chi connectivity index (χ1v) is 4.48. The summed E-state index contributed by atoms with van der Waals surface area (Å²) >= 11 is 0. The van der Waals surface area contributed by atoms with Crippen LogP contribution in [0.15, 0.2) is 24.3 Å². The van der Waals surface area contributed by atoms with E-state index in [0.29, 0.717) is 13.2 Å². The zero-order valence-electron chi connectivity index (χ0n) is 8.33. The molecule has 0 amide bonds. The van der Waals surface area contributed by atoms with Crippen LogP contribution in [0.5, 0.6) is 11.5 Å². The van der Waals surface area contributed by atoms with Crippen molar-refractivity contribution in [2.75, 3.05) is 26.4 Å². The molecule has 0 saturated heterocycles. The Morgan fingerprint density at radius 1 is 0.933 bits per heavy atom. The maximum Gasteiger partial charge on any atom is 0.119 e. The molecule has 5 heteroatoms.